The SMILES string of the molecule is Cc1cnn(C2CN(C(C)c3ccc(F)c(F)c3)C2)c1. The number of rotatable bonds is 3. The Morgan fingerprint density at radius 2 is 2.00 bits per heavy atom. The first-order valence-electron chi connectivity index (χ1n) is 6.74. The lowest BCUT2D eigenvalue weighted by Crippen LogP contribution is -2.48. The number of hydrogen-bond donors (Lipinski definition) is 0. The zero-order chi connectivity index (χ0) is 14.3. The fraction of sp³-hybridized carbons (Fsp3) is 0.400. The van der Waals surface area contributed by atoms with Crippen LogP contribution in [-0.4, -0.2) is 27.8 Å². The van der Waals surface area contributed by atoms with Gasteiger partial charge in [-0.25, -0.2) is 8.78 Å². The van der Waals surface area contributed by atoms with Crippen molar-refractivity contribution in [1.82, 2.24) is 14.7 Å². The molecule has 1 aromatic heterocycles. The van der Waals surface area contributed by atoms with Crippen molar-refractivity contribution in [2.75, 3.05) is 13.1 Å². The summed E-state index contributed by atoms with van der Waals surface area (Å²) in [7, 11) is 0. The van der Waals surface area contributed by atoms with E-state index < -0.39 is 11.6 Å². The molecule has 20 heavy (non-hydrogen) atoms. The third-order valence-corrected chi connectivity index (χ3v) is 3.97. The van der Waals surface area contributed by atoms with Crippen LogP contribution in [0.15, 0.2) is 30.6 Å². The molecular weight excluding hydrogens is 260 g/mol. The second-order valence-electron chi connectivity index (χ2n) is 5.45. The summed E-state index contributed by atoms with van der Waals surface area (Å²) in [5, 5.41) is 4.31. The van der Waals surface area contributed by atoms with Gasteiger partial charge in [-0.15, -0.1) is 0 Å². The fourth-order valence-corrected chi connectivity index (χ4v) is 2.59. The highest BCUT2D eigenvalue weighted by Crippen LogP contribution is 2.31. The summed E-state index contributed by atoms with van der Waals surface area (Å²) in [6.45, 7) is 5.78. The van der Waals surface area contributed by atoms with Crippen molar-refractivity contribution >= 4 is 0 Å². The highest BCUT2D eigenvalue weighted by atomic mass is 19.2. The normalized spacial score (nSPS) is 18.0. The Morgan fingerprint density at radius 1 is 1.25 bits per heavy atom. The van der Waals surface area contributed by atoms with E-state index in [1.807, 2.05) is 30.9 Å². The molecule has 0 aliphatic carbocycles. The highest BCUT2D eigenvalue weighted by Gasteiger charge is 2.32. The zero-order valence-corrected chi connectivity index (χ0v) is 11.6. The maximum absolute atomic E-state index is 13.3. The van der Waals surface area contributed by atoms with Gasteiger partial charge in [0.25, 0.3) is 0 Å². The molecule has 2 aromatic rings. The standard InChI is InChI=1S/C15H17F2N3/c1-10-6-18-20(7-10)13-8-19(9-13)11(2)12-3-4-14(16)15(17)5-12/h3-7,11,13H,8-9H2,1-2H3. The van der Waals surface area contributed by atoms with Crippen molar-refractivity contribution < 1.29 is 8.78 Å². The van der Waals surface area contributed by atoms with Gasteiger partial charge < -0.3 is 0 Å². The number of aryl methyl sites for hydroxylation is 1. The summed E-state index contributed by atoms with van der Waals surface area (Å²) in [5.41, 5.74) is 1.95. The van der Waals surface area contributed by atoms with Crippen molar-refractivity contribution in [2.24, 2.45) is 0 Å². The Kier molecular flexibility index (Phi) is 3.30. The van der Waals surface area contributed by atoms with Crippen LogP contribution in [-0.2, 0) is 0 Å². The van der Waals surface area contributed by atoms with Gasteiger partial charge in [-0.1, -0.05) is 6.07 Å². The Hall–Kier alpha value is -1.75. The predicted molar refractivity (Wildman–Crippen MR) is 72.3 cm³/mol. The molecule has 0 spiro atoms. The Labute approximate surface area is 116 Å². The van der Waals surface area contributed by atoms with Gasteiger partial charge in [-0.05, 0) is 37.1 Å². The van der Waals surface area contributed by atoms with E-state index in [1.54, 1.807) is 6.07 Å². The van der Waals surface area contributed by atoms with Crippen molar-refractivity contribution in [3.05, 3.63) is 53.4 Å². The Bertz CT molecular complexity index is 617. The molecule has 0 N–H and O–H groups in total. The molecule has 2 heterocycles. The number of nitrogens with zero attached hydrogens (tertiary/aromatic N) is 3. The number of halogens is 2. The maximum Gasteiger partial charge on any atom is 0.159 e. The molecule has 3 nitrogen and oxygen atoms in total. The minimum absolute atomic E-state index is 0.0815. The van der Waals surface area contributed by atoms with E-state index in [-0.39, 0.29) is 6.04 Å². The third kappa shape index (κ3) is 2.33. The van der Waals surface area contributed by atoms with Gasteiger partial charge in [-0.3, -0.25) is 9.58 Å². The predicted octanol–water partition coefficient (Wildman–Crippen LogP) is 3.09. The highest BCUT2D eigenvalue weighted by molar-refractivity contribution is 5.21. The van der Waals surface area contributed by atoms with Gasteiger partial charge in [0.2, 0.25) is 0 Å². The molecule has 1 aliphatic rings. The minimum Gasteiger partial charge on any atom is -0.292 e. The minimum atomic E-state index is -0.797. The molecule has 3 rings (SSSR count). The Morgan fingerprint density at radius 3 is 2.60 bits per heavy atom. The van der Waals surface area contributed by atoms with Crippen LogP contribution < -0.4 is 0 Å². The van der Waals surface area contributed by atoms with E-state index in [9.17, 15) is 8.78 Å². The lowest BCUT2D eigenvalue weighted by atomic mass is 10.0. The average Bonchev–Trinajstić information content (AvgIpc) is 2.77. The molecule has 106 valence electrons. The molecule has 1 saturated heterocycles. The van der Waals surface area contributed by atoms with Crippen molar-refractivity contribution in [1.29, 1.82) is 0 Å². The summed E-state index contributed by atoms with van der Waals surface area (Å²) >= 11 is 0. The number of aromatic nitrogens is 2. The van der Waals surface area contributed by atoms with Crippen LogP contribution >= 0.6 is 0 Å². The second-order valence-corrected chi connectivity index (χ2v) is 5.45. The van der Waals surface area contributed by atoms with Gasteiger partial charge in [0.1, 0.15) is 0 Å². The number of likely N-dealkylation sites (tertiary alicyclic amines) is 1. The first-order valence-corrected chi connectivity index (χ1v) is 6.74. The van der Waals surface area contributed by atoms with E-state index in [0.29, 0.717) is 6.04 Å². The van der Waals surface area contributed by atoms with Gasteiger partial charge in [-0.2, -0.15) is 5.10 Å². The zero-order valence-electron chi connectivity index (χ0n) is 11.6. The first-order chi connectivity index (χ1) is 9.54. The van der Waals surface area contributed by atoms with Crippen LogP contribution in [0.1, 0.15) is 30.1 Å². The van der Waals surface area contributed by atoms with E-state index in [0.717, 1.165) is 24.2 Å². The topological polar surface area (TPSA) is 21.1 Å². The lowest BCUT2D eigenvalue weighted by molar-refractivity contribution is 0.0595. The van der Waals surface area contributed by atoms with Crippen LogP contribution in [0.5, 0.6) is 0 Å². The van der Waals surface area contributed by atoms with Crippen LogP contribution in [0, 0.1) is 18.6 Å². The maximum atomic E-state index is 13.3. The lowest BCUT2D eigenvalue weighted by Gasteiger charge is -2.43. The molecule has 1 atom stereocenters. The molecule has 0 saturated carbocycles. The van der Waals surface area contributed by atoms with E-state index in [1.165, 1.54) is 12.1 Å². The second kappa shape index (κ2) is 4.98. The van der Waals surface area contributed by atoms with E-state index in [4.69, 9.17) is 0 Å². The molecule has 1 unspecified atom stereocenters. The first kappa shape index (κ1) is 13.2. The molecule has 5 heteroatoms. The molecular formula is C15H17F2N3. The summed E-state index contributed by atoms with van der Waals surface area (Å²) in [6.07, 6.45) is 3.88. The summed E-state index contributed by atoms with van der Waals surface area (Å²) in [4.78, 5) is 2.23. The molecule has 1 aliphatic heterocycles. The molecule has 0 amide bonds. The molecule has 0 bridgehead atoms. The van der Waals surface area contributed by atoms with Crippen LogP contribution in [0.3, 0.4) is 0 Å². The van der Waals surface area contributed by atoms with Crippen molar-refractivity contribution in [3.63, 3.8) is 0 Å². The molecule has 1 aromatic carbocycles. The van der Waals surface area contributed by atoms with Crippen molar-refractivity contribution in [3.8, 4) is 0 Å². The molecule has 0 radical (unpaired) electrons. The largest absolute Gasteiger partial charge is 0.292 e. The van der Waals surface area contributed by atoms with Gasteiger partial charge in [0, 0.05) is 25.3 Å². The summed E-state index contributed by atoms with van der Waals surface area (Å²) in [5.74, 6) is -1.58. The monoisotopic (exact) mass is 277 g/mol. The van der Waals surface area contributed by atoms with Crippen molar-refractivity contribution in [2.45, 2.75) is 25.9 Å². The van der Waals surface area contributed by atoms with Gasteiger partial charge >= 0.3 is 0 Å². The number of benzene rings is 1. The quantitative estimate of drug-likeness (QED) is 0.859. The van der Waals surface area contributed by atoms with Crippen LogP contribution in [0.4, 0.5) is 8.78 Å². The third-order valence-electron chi connectivity index (χ3n) is 3.97. The molecule has 1 fully saturated rings. The fourth-order valence-electron chi connectivity index (χ4n) is 2.59. The van der Waals surface area contributed by atoms with Gasteiger partial charge in [0.15, 0.2) is 11.6 Å². The van der Waals surface area contributed by atoms with Crippen LogP contribution in [0.2, 0.25) is 0 Å². The van der Waals surface area contributed by atoms with Crippen LogP contribution in [0.25, 0.3) is 0 Å². The summed E-state index contributed by atoms with van der Waals surface area (Å²) < 4.78 is 28.2. The number of hydrogen-bond acceptors (Lipinski definition) is 2. The van der Waals surface area contributed by atoms with Gasteiger partial charge in [0.05, 0.1) is 12.2 Å². The van der Waals surface area contributed by atoms with E-state index in [2.05, 4.69) is 10.00 Å². The summed E-state index contributed by atoms with van der Waals surface area (Å²) in [6, 6.07) is 4.57. The van der Waals surface area contributed by atoms with E-state index >= 15 is 0 Å². The Balaban J connectivity index is 1.65. The average molecular weight is 277 g/mol. The smallest absolute Gasteiger partial charge is 0.159 e.